The van der Waals surface area contributed by atoms with E-state index in [0.717, 1.165) is 20.9 Å². The van der Waals surface area contributed by atoms with Crippen LogP contribution in [0.15, 0.2) is 52.1 Å². The first-order valence-corrected chi connectivity index (χ1v) is 11.3. The smallest absolute Gasteiger partial charge is 0.339 e. The van der Waals surface area contributed by atoms with E-state index in [4.69, 9.17) is 0 Å². The molecule has 9 nitrogen and oxygen atoms in total. The Labute approximate surface area is 201 Å². The van der Waals surface area contributed by atoms with Crippen molar-refractivity contribution in [3.05, 3.63) is 91.5 Å². The second-order valence-electron chi connectivity index (χ2n) is 8.65. The topological polar surface area (TPSA) is 97.5 Å². The normalized spacial score (nSPS) is 13.7. The van der Waals surface area contributed by atoms with Crippen molar-refractivity contribution >= 4 is 11.8 Å². The van der Waals surface area contributed by atoms with Gasteiger partial charge >= 0.3 is 5.69 Å². The summed E-state index contributed by atoms with van der Waals surface area (Å²) in [6, 6.07) is 11.4. The number of halogens is 1. The fourth-order valence-corrected chi connectivity index (χ4v) is 3.92. The molecule has 0 bridgehead atoms. The number of amides is 2. The van der Waals surface area contributed by atoms with Crippen molar-refractivity contribution in [2.24, 2.45) is 0 Å². The van der Waals surface area contributed by atoms with Crippen LogP contribution in [0, 0.1) is 19.7 Å². The van der Waals surface area contributed by atoms with Crippen LogP contribution in [0.5, 0.6) is 0 Å². The van der Waals surface area contributed by atoms with Crippen LogP contribution in [0.4, 0.5) is 4.39 Å². The van der Waals surface area contributed by atoms with Crippen molar-refractivity contribution in [2.75, 3.05) is 26.2 Å². The Bertz CT molecular complexity index is 1400. The number of piperazine rings is 1. The Kier molecular flexibility index (Phi) is 6.63. The van der Waals surface area contributed by atoms with E-state index in [1.165, 1.54) is 24.0 Å². The molecule has 10 heteroatoms. The van der Waals surface area contributed by atoms with Gasteiger partial charge in [-0.3, -0.25) is 19.0 Å². The number of rotatable bonds is 4. The lowest BCUT2D eigenvalue weighted by atomic mass is 10.1. The van der Waals surface area contributed by atoms with Gasteiger partial charge in [-0.1, -0.05) is 35.9 Å². The van der Waals surface area contributed by atoms with Gasteiger partial charge in [0.1, 0.15) is 5.82 Å². The summed E-state index contributed by atoms with van der Waals surface area (Å²) >= 11 is 0. The van der Waals surface area contributed by atoms with E-state index in [-0.39, 0.29) is 31.2 Å². The summed E-state index contributed by atoms with van der Waals surface area (Å²) in [7, 11) is 0. The van der Waals surface area contributed by atoms with E-state index in [9.17, 15) is 23.6 Å². The quantitative estimate of drug-likeness (QED) is 0.565. The Morgan fingerprint density at radius 3 is 2.17 bits per heavy atom. The first kappa shape index (κ1) is 24.1. The highest BCUT2D eigenvalue weighted by Crippen LogP contribution is 2.12. The van der Waals surface area contributed by atoms with Gasteiger partial charge in [0.25, 0.3) is 11.5 Å². The summed E-state index contributed by atoms with van der Waals surface area (Å²) < 4.78 is 16.1. The molecule has 0 atom stereocenters. The molecule has 1 aromatic heterocycles. The highest BCUT2D eigenvalue weighted by Gasteiger charge is 2.28. The molecule has 2 heterocycles. The van der Waals surface area contributed by atoms with Crippen LogP contribution >= 0.6 is 0 Å². The van der Waals surface area contributed by atoms with E-state index in [2.05, 4.69) is 5.10 Å². The molecule has 1 fully saturated rings. The maximum absolute atomic E-state index is 14.3. The SMILES string of the molecule is CC(=O)N1CCN(C(=O)c2nn(-c3ccc(C)c(F)c3)c(=O)n(Cc3ccc(C)cc3)c2=O)CC1. The summed E-state index contributed by atoms with van der Waals surface area (Å²) in [5.74, 6) is -1.27. The van der Waals surface area contributed by atoms with Gasteiger partial charge in [-0.05, 0) is 31.0 Å². The molecule has 0 radical (unpaired) electrons. The molecular formula is C25H26FN5O4. The van der Waals surface area contributed by atoms with Crippen molar-refractivity contribution in [2.45, 2.75) is 27.3 Å². The monoisotopic (exact) mass is 479 g/mol. The predicted octanol–water partition coefficient (Wildman–Crippen LogP) is 1.50. The molecule has 0 N–H and O–H groups in total. The fourth-order valence-electron chi connectivity index (χ4n) is 3.92. The minimum absolute atomic E-state index is 0.0762. The van der Waals surface area contributed by atoms with E-state index in [1.807, 2.05) is 19.1 Å². The largest absolute Gasteiger partial charge is 0.352 e. The molecule has 1 aliphatic rings. The van der Waals surface area contributed by atoms with Crippen molar-refractivity contribution in [1.82, 2.24) is 24.1 Å². The molecular weight excluding hydrogens is 453 g/mol. The predicted molar refractivity (Wildman–Crippen MR) is 127 cm³/mol. The zero-order valence-corrected chi connectivity index (χ0v) is 19.8. The lowest BCUT2D eigenvalue weighted by Crippen LogP contribution is -2.52. The minimum atomic E-state index is -0.821. The van der Waals surface area contributed by atoms with Crippen LogP contribution in [-0.2, 0) is 11.3 Å². The number of nitrogens with zero attached hydrogens (tertiary/aromatic N) is 5. The number of hydrogen-bond donors (Lipinski definition) is 0. The second kappa shape index (κ2) is 9.65. The van der Waals surface area contributed by atoms with Crippen molar-refractivity contribution in [1.29, 1.82) is 0 Å². The Balaban J connectivity index is 1.80. The van der Waals surface area contributed by atoms with Gasteiger partial charge in [0.2, 0.25) is 11.6 Å². The van der Waals surface area contributed by atoms with Crippen LogP contribution in [-0.4, -0.2) is 62.1 Å². The number of hydrogen-bond acceptors (Lipinski definition) is 5. The van der Waals surface area contributed by atoms with Crippen LogP contribution in [0.25, 0.3) is 5.69 Å². The number of benzene rings is 2. The van der Waals surface area contributed by atoms with Crippen LogP contribution < -0.4 is 11.2 Å². The summed E-state index contributed by atoms with van der Waals surface area (Å²) in [5, 5.41) is 4.09. The Morgan fingerprint density at radius 1 is 0.943 bits per heavy atom. The van der Waals surface area contributed by atoms with E-state index in [0.29, 0.717) is 24.2 Å². The van der Waals surface area contributed by atoms with E-state index < -0.39 is 28.7 Å². The van der Waals surface area contributed by atoms with Crippen molar-refractivity contribution in [3.8, 4) is 5.69 Å². The Morgan fingerprint density at radius 2 is 1.57 bits per heavy atom. The first-order chi connectivity index (χ1) is 16.7. The number of carbonyl (C=O) groups is 2. The van der Waals surface area contributed by atoms with E-state index >= 15 is 0 Å². The molecule has 4 rings (SSSR count). The standard InChI is InChI=1S/C25H26FN5O4/c1-16-4-7-19(8-5-16)15-30-24(34)22(23(33)29-12-10-28(11-13-29)18(3)32)27-31(25(30)35)20-9-6-17(2)21(26)14-20/h4-9,14H,10-13,15H2,1-3H3. The average molecular weight is 480 g/mol. The third kappa shape index (κ3) is 4.91. The molecule has 182 valence electrons. The molecule has 0 unspecified atom stereocenters. The van der Waals surface area contributed by atoms with Gasteiger partial charge in [-0.2, -0.15) is 9.78 Å². The van der Waals surface area contributed by atoms with Gasteiger partial charge in [0, 0.05) is 39.2 Å². The molecule has 2 amide bonds. The van der Waals surface area contributed by atoms with Crippen LogP contribution in [0.3, 0.4) is 0 Å². The van der Waals surface area contributed by atoms with Crippen molar-refractivity contribution in [3.63, 3.8) is 0 Å². The average Bonchev–Trinajstić information content (AvgIpc) is 2.84. The van der Waals surface area contributed by atoms with Gasteiger partial charge in [0.05, 0.1) is 12.2 Å². The molecule has 3 aromatic rings. The summed E-state index contributed by atoms with van der Waals surface area (Å²) in [6.45, 7) is 6.02. The maximum Gasteiger partial charge on any atom is 0.352 e. The number of carbonyl (C=O) groups excluding carboxylic acids is 2. The van der Waals surface area contributed by atoms with Crippen LogP contribution in [0.2, 0.25) is 0 Å². The molecule has 2 aromatic carbocycles. The molecule has 1 saturated heterocycles. The molecule has 0 saturated carbocycles. The van der Waals surface area contributed by atoms with Gasteiger partial charge in [0.15, 0.2) is 0 Å². The molecule has 1 aliphatic heterocycles. The molecule has 0 aliphatic carbocycles. The van der Waals surface area contributed by atoms with Crippen LogP contribution in [0.1, 0.15) is 34.1 Å². The van der Waals surface area contributed by atoms with E-state index in [1.54, 1.807) is 24.0 Å². The zero-order chi connectivity index (χ0) is 25.3. The van der Waals surface area contributed by atoms with Gasteiger partial charge in [-0.25, -0.2) is 9.18 Å². The summed E-state index contributed by atoms with van der Waals surface area (Å²) in [6.07, 6.45) is 0. The third-order valence-electron chi connectivity index (χ3n) is 6.14. The fraction of sp³-hybridized carbons (Fsp3) is 0.320. The number of aryl methyl sites for hydroxylation is 2. The van der Waals surface area contributed by atoms with Crippen molar-refractivity contribution < 1.29 is 14.0 Å². The Hall–Kier alpha value is -4.08. The number of aromatic nitrogens is 3. The van der Waals surface area contributed by atoms with Gasteiger partial charge in [-0.15, -0.1) is 0 Å². The lowest BCUT2D eigenvalue weighted by molar-refractivity contribution is -0.130. The zero-order valence-electron chi connectivity index (χ0n) is 19.8. The minimum Gasteiger partial charge on any atom is -0.339 e. The molecule has 35 heavy (non-hydrogen) atoms. The third-order valence-corrected chi connectivity index (χ3v) is 6.14. The summed E-state index contributed by atoms with van der Waals surface area (Å²) in [4.78, 5) is 54.6. The highest BCUT2D eigenvalue weighted by molar-refractivity contribution is 5.92. The first-order valence-electron chi connectivity index (χ1n) is 11.3. The summed E-state index contributed by atoms with van der Waals surface area (Å²) in [5.41, 5.74) is 0.157. The lowest BCUT2D eigenvalue weighted by Gasteiger charge is -2.33. The second-order valence-corrected chi connectivity index (χ2v) is 8.65. The molecule has 0 spiro atoms. The van der Waals surface area contributed by atoms with Gasteiger partial charge < -0.3 is 9.80 Å². The maximum atomic E-state index is 14.3. The highest BCUT2D eigenvalue weighted by atomic mass is 19.1.